The molecular weight excluding hydrogens is 320 g/mol. The SMILES string of the molecule is CC1CCN(C(=O)NCc2ccc(Cn3ccnc3)cc2)CCS1. The summed E-state index contributed by atoms with van der Waals surface area (Å²) < 4.78 is 2.04. The molecule has 2 aromatic rings. The lowest BCUT2D eigenvalue weighted by Gasteiger charge is -2.20. The van der Waals surface area contributed by atoms with Crippen molar-refractivity contribution in [1.82, 2.24) is 19.8 Å². The van der Waals surface area contributed by atoms with E-state index in [1.54, 1.807) is 6.20 Å². The number of benzene rings is 1. The molecule has 1 fully saturated rings. The highest BCUT2D eigenvalue weighted by Gasteiger charge is 2.18. The zero-order valence-electron chi connectivity index (χ0n) is 14.0. The van der Waals surface area contributed by atoms with Crippen molar-refractivity contribution in [1.29, 1.82) is 0 Å². The molecular formula is C18H24N4OS. The van der Waals surface area contributed by atoms with E-state index in [0.717, 1.165) is 37.4 Å². The molecule has 0 spiro atoms. The number of hydrogen-bond donors (Lipinski definition) is 1. The number of hydrogen-bond acceptors (Lipinski definition) is 3. The summed E-state index contributed by atoms with van der Waals surface area (Å²) in [6, 6.07) is 8.41. The number of rotatable bonds is 4. The topological polar surface area (TPSA) is 50.2 Å². The fraction of sp³-hybridized carbons (Fsp3) is 0.444. The van der Waals surface area contributed by atoms with Gasteiger partial charge in [0.15, 0.2) is 0 Å². The summed E-state index contributed by atoms with van der Waals surface area (Å²) >= 11 is 1.95. The van der Waals surface area contributed by atoms with Crippen molar-refractivity contribution in [3.63, 3.8) is 0 Å². The number of aromatic nitrogens is 2. The summed E-state index contributed by atoms with van der Waals surface area (Å²) in [5, 5.41) is 3.68. The van der Waals surface area contributed by atoms with Crippen molar-refractivity contribution in [3.05, 3.63) is 54.1 Å². The first kappa shape index (κ1) is 16.9. The average Bonchev–Trinajstić information content (AvgIpc) is 3.00. The molecule has 2 amide bonds. The Bertz CT molecular complexity index is 642. The van der Waals surface area contributed by atoms with Crippen LogP contribution >= 0.6 is 11.8 Å². The fourth-order valence-corrected chi connectivity index (χ4v) is 3.74. The Labute approximate surface area is 147 Å². The van der Waals surface area contributed by atoms with Gasteiger partial charge in [0.05, 0.1) is 6.33 Å². The quantitative estimate of drug-likeness (QED) is 0.928. The number of carbonyl (C=O) groups excluding carboxylic acids is 1. The van der Waals surface area contributed by atoms with E-state index in [0.29, 0.717) is 11.8 Å². The first-order valence-corrected chi connectivity index (χ1v) is 9.43. The zero-order chi connectivity index (χ0) is 16.8. The number of urea groups is 1. The van der Waals surface area contributed by atoms with Gasteiger partial charge in [-0.15, -0.1) is 0 Å². The third-order valence-corrected chi connectivity index (χ3v) is 5.47. The van der Waals surface area contributed by atoms with E-state index in [-0.39, 0.29) is 6.03 Å². The summed E-state index contributed by atoms with van der Waals surface area (Å²) in [4.78, 5) is 18.3. The number of imidazole rings is 1. The van der Waals surface area contributed by atoms with Crippen molar-refractivity contribution >= 4 is 17.8 Å². The van der Waals surface area contributed by atoms with E-state index in [2.05, 4.69) is 41.5 Å². The molecule has 0 saturated carbocycles. The van der Waals surface area contributed by atoms with Crippen LogP contribution in [0.15, 0.2) is 43.0 Å². The smallest absolute Gasteiger partial charge is 0.317 e. The van der Waals surface area contributed by atoms with Crippen LogP contribution in [0.4, 0.5) is 4.79 Å². The summed E-state index contributed by atoms with van der Waals surface area (Å²) in [5.41, 5.74) is 2.34. The highest BCUT2D eigenvalue weighted by atomic mass is 32.2. The molecule has 24 heavy (non-hydrogen) atoms. The van der Waals surface area contributed by atoms with Gasteiger partial charge in [0, 0.05) is 49.6 Å². The van der Waals surface area contributed by atoms with Crippen LogP contribution in [0.1, 0.15) is 24.5 Å². The van der Waals surface area contributed by atoms with Gasteiger partial charge in [0.25, 0.3) is 0 Å². The van der Waals surface area contributed by atoms with Crippen LogP contribution < -0.4 is 5.32 Å². The van der Waals surface area contributed by atoms with Gasteiger partial charge in [-0.25, -0.2) is 9.78 Å². The van der Waals surface area contributed by atoms with E-state index in [1.165, 1.54) is 5.56 Å². The molecule has 128 valence electrons. The molecule has 1 aliphatic rings. The lowest BCUT2D eigenvalue weighted by atomic mass is 10.1. The van der Waals surface area contributed by atoms with E-state index in [9.17, 15) is 4.79 Å². The number of nitrogens with zero attached hydrogens (tertiary/aromatic N) is 3. The van der Waals surface area contributed by atoms with E-state index >= 15 is 0 Å². The summed E-state index contributed by atoms with van der Waals surface area (Å²) in [5.74, 6) is 1.03. The maximum Gasteiger partial charge on any atom is 0.317 e. The summed E-state index contributed by atoms with van der Waals surface area (Å²) in [6.07, 6.45) is 6.62. The van der Waals surface area contributed by atoms with Gasteiger partial charge in [-0.2, -0.15) is 11.8 Å². The van der Waals surface area contributed by atoms with Gasteiger partial charge < -0.3 is 14.8 Å². The predicted molar refractivity (Wildman–Crippen MR) is 98.1 cm³/mol. The fourth-order valence-electron chi connectivity index (χ4n) is 2.74. The monoisotopic (exact) mass is 344 g/mol. The largest absolute Gasteiger partial charge is 0.334 e. The molecule has 5 nitrogen and oxygen atoms in total. The van der Waals surface area contributed by atoms with Crippen LogP contribution in [-0.2, 0) is 13.1 Å². The Kier molecular flexibility index (Phi) is 5.80. The molecule has 3 rings (SSSR count). The van der Waals surface area contributed by atoms with Gasteiger partial charge in [0.2, 0.25) is 0 Å². The van der Waals surface area contributed by atoms with Crippen molar-refractivity contribution in [2.24, 2.45) is 0 Å². The Balaban J connectivity index is 1.48. The van der Waals surface area contributed by atoms with Crippen LogP contribution in [0.3, 0.4) is 0 Å². The van der Waals surface area contributed by atoms with Gasteiger partial charge in [-0.3, -0.25) is 0 Å². The number of thioether (sulfide) groups is 1. The minimum Gasteiger partial charge on any atom is -0.334 e. The lowest BCUT2D eigenvalue weighted by molar-refractivity contribution is 0.201. The molecule has 0 bridgehead atoms. The molecule has 0 aliphatic carbocycles. The number of carbonyl (C=O) groups is 1. The summed E-state index contributed by atoms with van der Waals surface area (Å²) in [7, 11) is 0. The average molecular weight is 344 g/mol. The Hall–Kier alpha value is -1.95. The van der Waals surface area contributed by atoms with Gasteiger partial charge in [-0.05, 0) is 17.5 Å². The second kappa shape index (κ2) is 8.24. The van der Waals surface area contributed by atoms with Gasteiger partial charge in [-0.1, -0.05) is 31.2 Å². The van der Waals surface area contributed by atoms with Gasteiger partial charge in [0.1, 0.15) is 0 Å². The Morgan fingerprint density at radius 1 is 1.29 bits per heavy atom. The van der Waals surface area contributed by atoms with Crippen LogP contribution in [-0.4, -0.2) is 44.6 Å². The molecule has 2 heterocycles. The molecule has 1 aliphatic heterocycles. The summed E-state index contributed by atoms with van der Waals surface area (Å²) in [6.45, 7) is 5.31. The van der Waals surface area contributed by atoms with E-state index < -0.39 is 0 Å². The Morgan fingerprint density at radius 2 is 2.08 bits per heavy atom. The maximum atomic E-state index is 12.3. The van der Waals surface area contributed by atoms with Gasteiger partial charge >= 0.3 is 6.03 Å². The van der Waals surface area contributed by atoms with Crippen LogP contribution in [0.2, 0.25) is 0 Å². The predicted octanol–water partition coefficient (Wildman–Crippen LogP) is 2.97. The highest BCUT2D eigenvalue weighted by Crippen LogP contribution is 2.18. The van der Waals surface area contributed by atoms with Crippen molar-refractivity contribution in [2.75, 3.05) is 18.8 Å². The van der Waals surface area contributed by atoms with Crippen LogP contribution in [0, 0.1) is 0 Å². The van der Waals surface area contributed by atoms with E-state index in [4.69, 9.17) is 0 Å². The highest BCUT2D eigenvalue weighted by molar-refractivity contribution is 7.99. The molecule has 1 unspecified atom stereocenters. The molecule has 1 aromatic heterocycles. The van der Waals surface area contributed by atoms with Crippen molar-refractivity contribution < 1.29 is 4.79 Å². The first-order valence-electron chi connectivity index (χ1n) is 8.38. The first-order chi connectivity index (χ1) is 11.7. The lowest BCUT2D eigenvalue weighted by Crippen LogP contribution is -2.40. The third-order valence-electron chi connectivity index (χ3n) is 4.25. The number of amides is 2. The number of nitrogens with one attached hydrogen (secondary N) is 1. The zero-order valence-corrected chi connectivity index (χ0v) is 14.8. The maximum absolute atomic E-state index is 12.3. The molecule has 1 N–H and O–H groups in total. The molecule has 1 atom stereocenters. The second-order valence-electron chi connectivity index (χ2n) is 6.17. The Morgan fingerprint density at radius 3 is 2.83 bits per heavy atom. The van der Waals surface area contributed by atoms with Crippen LogP contribution in [0.25, 0.3) is 0 Å². The van der Waals surface area contributed by atoms with Crippen molar-refractivity contribution in [2.45, 2.75) is 31.7 Å². The van der Waals surface area contributed by atoms with Crippen molar-refractivity contribution in [3.8, 4) is 0 Å². The normalized spacial score (nSPS) is 18.2. The third kappa shape index (κ3) is 4.77. The standard InChI is InChI=1S/C18H24N4OS/c1-15-6-8-22(10-11-24-15)18(23)20-12-16-2-4-17(5-3-16)13-21-9-7-19-14-21/h2-5,7,9,14-15H,6,8,10-13H2,1H3,(H,20,23). The second-order valence-corrected chi connectivity index (χ2v) is 7.71. The molecule has 0 radical (unpaired) electrons. The minimum atomic E-state index is 0.0483. The minimum absolute atomic E-state index is 0.0483. The van der Waals surface area contributed by atoms with Crippen LogP contribution in [0.5, 0.6) is 0 Å². The molecule has 1 saturated heterocycles. The molecule has 1 aromatic carbocycles. The van der Waals surface area contributed by atoms with E-state index in [1.807, 2.05) is 33.8 Å². The molecule has 6 heteroatoms.